The number of rotatable bonds is 7. The van der Waals surface area contributed by atoms with Gasteiger partial charge in [0.1, 0.15) is 0 Å². The summed E-state index contributed by atoms with van der Waals surface area (Å²) in [5.41, 5.74) is 0.378. The van der Waals surface area contributed by atoms with E-state index < -0.39 is 0 Å². The molecule has 2 fully saturated rings. The molecule has 21 heavy (non-hydrogen) atoms. The van der Waals surface area contributed by atoms with E-state index in [1.54, 1.807) is 0 Å². The van der Waals surface area contributed by atoms with Crippen molar-refractivity contribution < 1.29 is 4.79 Å². The zero-order chi connectivity index (χ0) is 15.1. The molecule has 0 aromatic heterocycles. The Bertz CT molecular complexity index is 370. The van der Waals surface area contributed by atoms with Gasteiger partial charge in [-0.3, -0.25) is 9.79 Å². The van der Waals surface area contributed by atoms with E-state index in [0.717, 1.165) is 38.4 Å². The highest BCUT2D eigenvalue weighted by atomic mass is 16.2. The number of hydrogen-bond acceptors (Lipinski definition) is 2. The number of nitrogens with one attached hydrogen (secondary N) is 3. The van der Waals surface area contributed by atoms with Crippen LogP contribution in [-0.2, 0) is 4.79 Å². The molecular formula is C16H30N4O. The van der Waals surface area contributed by atoms with Crippen molar-refractivity contribution in [2.75, 3.05) is 26.2 Å². The Labute approximate surface area is 128 Å². The molecule has 0 atom stereocenters. The van der Waals surface area contributed by atoms with Gasteiger partial charge < -0.3 is 16.0 Å². The van der Waals surface area contributed by atoms with Gasteiger partial charge in [-0.25, -0.2) is 0 Å². The fraction of sp³-hybridized carbons (Fsp3) is 0.875. The number of guanidine groups is 1. The summed E-state index contributed by atoms with van der Waals surface area (Å²) in [5, 5.41) is 9.54. The first kappa shape index (κ1) is 16.1. The molecule has 0 bridgehead atoms. The van der Waals surface area contributed by atoms with Crippen LogP contribution >= 0.6 is 0 Å². The van der Waals surface area contributed by atoms with Crippen molar-refractivity contribution >= 4 is 11.9 Å². The molecule has 0 unspecified atom stereocenters. The monoisotopic (exact) mass is 294 g/mol. The molecule has 0 saturated heterocycles. The first-order valence-corrected chi connectivity index (χ1v) is 8.43. The summed E-state index contributed by atoms with van der Waals surface area (Å²) in [6.07, 6.45) is 7.36. The molecule has 0 aromatic rings. The molecule has 0 aromatic carbocycles. The maximum atomic E-state index is 11.5. The number of amides is 1. The molecule has 120 valence electrons. The maximum absolute atomic E-state index is 11.5. The number of hydrogen-bond donors (Lipinski definition) is 3. The molecule has 0 radical (unpaired) electrons. The molecule has 1 amide bonds. The minimum Gasteiger partial charge on any atom is -0.357 e. The van der Waals surface area contributed by atoms with Crippen molar-refractivity contribution in [3.63, 3.8) is 0 Å². The molecule has 3 N–H and O–H groups in total. The largest absolute Gasteiger partial charge is 0.357 e. The third kappa shape index (κ3) is 5.56. The van der Waals surface area contributed by atoms with E-state index >= 15 is 0 Å². The SMILES string of the molecule is CCNC(=NCC1(C)CCCC1)NCCNC(=O)C1CC1. The van der Waals surface area contributed by atoms with E-state index in [9.17, 15) is 4.79 Å². The third-order valence-electron chi connectivity index (χ3n) is 4.44. The van der Waals surface area contributed by atoms with Crippen LogP contribution in [0.4, 0.5) is 0 Å². The van der Waals surface area contributed by atoms with Crippen LogP contribution < -0.4 is 16.0 Å². The van der Waals surface area contributed by atoms with Crippen molar-refractivity contribution in [1.29, 1.82) is 0 Å². The van der Waals surface area contributed by atoms with Crippen LogP contribution in [0.3, 0.4) is 0 Å². The summed E-state index contributed by atoms with van der Waals surface area (Å²) < 4.78 is 0. The topological polar surface area (TPSA) is 65.5 Å². The fourth-order valence-corrected chi connectivity index (χ4v) is 2.85. The lowest BCUT2D eigenvalue weighted by molar-refractivity contribution is -0.122. The van der Waals surface area contributed by atoms with Crippen molar-refractivity contribution in [2.45, 2.75) is 52.4 Å². The van der Waals surface area contributed by atoms with Crippen LogP contribution in [-0.4, -0.2) is 38.0 Å². The van der Waals surface area contributed by atoms with Crippen LogP contribution in [0, 0.1) is 11.3 Å². The smallest absolute Gasteiger partial charge is 0.223 e. The van der Waals surface area contributed by atoms with Gasteiger partial charge in [0.05, 0.1) is 0 Å². The van der Waals surface area contributed by atoms with Gasteiger partial charge >= 0.3 is 0 Å². The summed E-state index contributed by atoms with van der Waals surface area (Å²) in [4.78, 5) is 16.2. The van der Waals surface area contributed by atoms with E-state index in [4.69, 9.17) is 4.99 Å². The lowest BCUT2D eigenvalue weighted by Gasteiger charge is -2.21. The predicted octanol–water partition coefficient (Wildman–Crippen LogP) is 1.65. The van der Waals surface area contributed by atoms with E-state index in [0.29, 0.717) is 12.0 Å². The third-order valence-corrected chi connectivity index (χ3v) is 4.44. The Balaban J connectivity index is 1.68. The maximum Gasteiger partial charge on any atom is 0.223 e. The van der Waals surface area contributed by atoms with E-state index in [2.05, 4.69) is 29.8 Å². The molecular weight excluding hydrogens is 264 g/mol. The minimum absolute atomic E-state index is 0.206. The van der Waals surface area contributed by atoms with Crippen LogP contribution in [0.25, 0.3) is 0 Å². The lowest BCUT2D eigenvalue weighted by atomic mass is 9.89. The zero-order valence-electron chi connectivity index (χ0n) is 13.5. The molecule has 2 aliphatic carbocycles. The lowest BCUT2D eigenvalue weighted by Crippen LogP contribution is -2.42. The van der Waals surface area contributed by atoms with Crippen LogP contribution in [0.15, 0.2) is 4.99 Å². The van der Waals surface area contributed by atoms with Gasteiger partial charge in [0.15, 0.2) is 5.96 Å². The second-order valence-corrected chi connectivity index (χ2v) is 6.71. The first-order valence-electron chi connectivity index (χ1n) is 8.43. The Kier molecular flexibility index (Phi) is 5.88. The van der Waals surface area contributed by atoms with Gasteiger partial charge in [-0.15, -0.1) is 0 Å². The molecule has 5 nitrogen and oxygen atoms in total. The Morgan fingerprint density at radius 2 is 1.81 bits per heavy atom. The Morgan fingerprint density at radius 1 is 1.14 bits per heavy atom. The van der Waals surface area contributed by atoms with Crippen molar-refractivity contribution in [1.82, 2.24) is 16.0 Å². The summed E-state index contributed by atoms with van der Waals surface area (Å²) >= 11 is 0. The average Bonchev–Trinajstić information content (AvgIpc) is 3.23. The highest BCUT2D eigenvalue weighted by Gasteiger charge is 2.29. The van der Waals surface area contributed by atoms with Crippen molar-refractivity contribution in [2.24, 2.45) is 16.3 Å². The molecule has 5 heteroatoms. The highest BCUT2D eigenvalue weighted by Crippen LogP contribution is 2.37. The van der Waals surface area contributed by atoms with Gasteiger partial charge in [-0.05, 0) is 38.0 Å². The quantitative estimate of drug-likeness (QED) is 0.380. The van der Waals surface area contributed by atoms with Gasteiger partial charge in [-0.2, -0.15) is 0 Å². The van der Waals surface area contributed by atoms with E-state index in [-0.39, 0.29) is 11.8 Å². The molecule has 2 aliphatic rings. The highest BCUT2D eigenvalue weighted by molar-refractivity contribution is 5.81. The minimum atomic E-state index is 0.206. The normalized spacial score (nSPS) is 21.1. The van der Waals surface area contributed by atoms with Crippen LogP contribution in [0.1, 0.15) is 52.4 Å². The van der Waals surface area contributed by atoms with E-state index in [1.807, 2.05) is 0 Å². The fourth-order valence-electron chi connectivity index (χ4n) is 2.85. The van der Waals surface area contributed by atoms with Crippen molar-refractivity contribution in [3.05, 3.63) is 0 Å². The second-order valence-electron chi connectivity index (χ2n) is 6.71. The number of carbonyl (C=O) groups is 1. The number of aliphatic imine (C=N–C) groups is 1. The molecule has 2 rings (SSSR count). The summed E-state index contributed by atoms with van der Waals surface area (Å²) in [5.74, 6) is 1.36. The second kappa shape index (κ2) is 7.66. The Hall–Kier alpha value is -1.26. The van der Waals surface area contributed by atoms with Crippen LogP contribution in [0.2, 0.25) is 0 Å². The van der Waals surface area contributed by atoms with Gasteiger partial charge in [0.2, 0.25) is 5.91 Å². The average molecular weight is 294 g/mol. The summed E-state index contributed by atoms with van der Waals surface area (Å²) in [6.45, 7) is 7.54. The van der Waals surface area contributed by atoms with E-state index in [1.165, 1.54) is 25.7 Å². The number of carbonyl (C=O) groups excluding carboxylic acids is 1. The van der Waals surface area contributed by atoms with Gasteiger partial charge in [0.25, 0.3) is 0 Å². The van der Waals surface area contributed by atoms with Crippen LogP contribution in [0.5, 0.6) is 0 Å². The molecule has 0 spiro atoms. The van der Waals surface area contributed by atoms with Gasteiger partial charge in [0, 0.05) is 32.1 Å². The zero-order valence-corrected chi connectivity index (χ0v) is 13.5. The summed E-state index contributed by atoms with van der Waals surface area (Å²) in [7, 11) is 0. The molecule has 0 aliphatic heterocycles. The standard InChI is InChI=1S/C16H30N4O/c1-3-17-15(20-12-16(2)8-4-5-9-16)19-11-10-18-14(21)13-6-7-13/h13H,3-12H2,1-2H3,(H,18,21)(H2,17,19,20). The first-order chi connectivity index (χ1) is 10.1. The molecule has 0 heterocycles. The van der Waals surface area contributed by atoms with Crippen molar-refractivity contribution in [3.8, 4) is 0 Å². The Morgan fingerprint density at radius 3 is 2.43 bits per heavy atom. The predicted molar refractivity (Wildman–Crippen MR) is 86.3 cm³/mol. The summed E-state index contributed by atoms with van der Waals surface area (Å²) in [6, 6.07) is 0. The molecule has 2 saturated carbocycles. The number of nitrogens with zero attached hydrogens (tertiary/aromatic N) is 1. The van der Waals surface area contributed by atoms with Gasteiger partial charge in [-0.1, -0.05) is 19.8 Å².